The molecule has 0 aliphatic carbocycles. The first-order valence-corrected chi connectivity index (χ1v) is 9.05. The number of carbonyl (C=O) groups excluding carboxylic acids is 1. The number of hydrogen-bond donors (Lipinski definition) is 0. The van der Waals surface area contributed by atoms with Crippen molar-refractivity contribution < 1.29 is 9.36 Å². The van der Waals surface area contributed by atoms with Gasteiger partial charge in [-0.15, -0.1) is 4.68 Å². The smallest absolute Gasteiger partial charge is 0.284 e. The summed E-state index contributed by atoms with van der Waals surface area (Å²) in [5.41, 5.74) is 1.85. The maximum absolute atomic E-state index is 12.4. The first kappa shape index (κ1) is 19.9. The summed E-state index contributed by atoms with van der Waals surface area (Å²) < 4.78 is 3.87. The average molecular weight is 356 g/mol. The summed E-state index contributed by atoms with van der Waals surface area (Å²) in [4.78, 5) is 14.5. The molecule has 0 N–H and O–H groups in total. The van der Waals surface area contributed by atoms with Crippen LogP contribution in [0.25, 0.3) is 0 Å². The highest BCUT2D eigenvalue weighted by Gasteiger charge is 2.28. The van der Waals surface area contributed by atoms with Crippen molar-refractivity contribution in [3.05, 3.63) is 48.0 Å². The van der Waals surface area contributed by atoms with Gasteiger partial charge in [0.1, 0.15) is 12.7 Å². The standard InChI is InChI=1S/C21H31N4O/c1-16(2)20-24(15-19(26)21(3,4)5)12-13-25(20)22-14-17-8-10-18(11-9-17)23(6)7/h8-14,16H,15H2,1-7H3/q+1/b22-14+. The van der Waals surface area contributed by atoms with Gasteiger partial charge in [0.2, 0.25) is 0 Å². The number of anilines is 1. The Morgan fingerprint density at radius 1 is 1.23 bits per heavy atom. The molecule has 1 heterocycles. The topological polar surface area (TPSA) is 41.5 Å². The van der Waals surface area contributed by atoms with Crippen molar-refractivity contribution >= 4 is 17.7 Å². The minimum absolute atomic E-state index is 0.213. The second-order valence-electron chi connectivity index (χ2n) is 8.19. The third kappa shape index (κ3) is 4.81. The van der Waals surface area contributed by atoms with Crippen LogP contribution in [0.1, 0.15) is 51.9 Å². The van der Waals surface area contributed by atoms with Crippen molar-refractivity contribution in [2.24, 2.45) is 10.5 Å². The van der Waals surface area contributed by atoms with Gasteiger partial charge in [-0.1, -0.05) is 51.9 Å². The summed E-state index contributed by atoms with van der Waals surface area (Å²) >= 11 is 0. The maximum atomic E-state index is 12.4. The Balaban J connectivity index is 2.25. The minimum atomic E-state index is -0.346. The molecule has 0 saturated heterocycles. The lowest BCUT2D eigenvalue weighted by Crippen LogP contribution is -2.44. The monoisotopic (exact) mass is 355 g/mol. The second kappa shape index (κ2) is 7.85. The summed E-state index contributed by atoms with van der Waals surface area (Å²) in [6, 6.07) is 8.24. The zero-order valence-electron chi connectivity index (χ0n) is 17.0. The third-order valence-corrected chi connectivity index (χ3v) is 4.32. The number of carbonyl (C=O) groups is 1. The molecule has 0 atom stereocenters. The van der Waals surface area contributed by atoms with E-state index in [4.69, 9.17) is 0 Å². The van der Waals surface area contributed by atoms with E-state index in [0.29, 0.717) is 6.54 Å². The van der Waals surface area contributed by atoms with Gasteiger partial charge in [0.15, 0.2) is 12.0 Å². The van der Waals surface area contributed by atoms with Crippen molar-refractivity contribution in [3.63, 3.8) is 0 Å². The van der Waals surface area contributed by atoms with Crippen LogP contribution in [0.3, 0.4) is 0 Å². The second-order valence-corrected chi connectivity index (χ2v) is 8.19. The summed E-state index contributed by atoms with van der Waals surface area (Å²) in [6.07, 6.45) is 5.70. The molecule has 0 unspecified atom stereocenters. The van der Waals surface area contributed by atoms with E-state index >= 15 is 0 Å². The summed E-state index contributed by atoms with van der Waals surface area (Å²) in [5.74, 6) is 1.49. The molecule has 0 saturated carbocycles. The maximum Gasteiger partial charge on any atom is 0.284 e. The molecule has 2 rings (SSSR count). The molecule has 1 aromatic carbocycles. The summed E-state index contributed by atoms with van der Waals surface area (Å²) in [7, 11) is 4.05. The van der Waals surface area contributed by atoms with Gasteiger partial charge in [0, 0.05) is 25.2 Å². The number of ketones is 1. The molecule has 0 radical (unpaired) electrons. The highest BCUT2D eigenvalue weighted by molar-refractivity contribution is 5.82. The van der Waals surface area contributed by atoms with E-state index in [2.05, 4.69) is 48.1 Å². The van der Waals surface area contributed by atoms with E-state index in [0.717, 1.165) is 17.1 Å². The van der Waals surface area contributed by atoms with Crippen LogP contribution in [0.4, 0.5) is 5.69 Å². The number of hydrogen-bond acceptors (Lipinski definition) is 3. The van der Waals surface area contributed by atoms with E-state index in [-0.39, 0.29) is 17.1 Å². The molecule has 0 aliphatic heterocycles. The third-order valence-electron chi connectivity index (χ3n) is 4.32. The van der Waals surface area contributed by atoms with E-state index in [1.54, 1.807) is 0 Å². The zero-order chi connectivity index (χ0) is 19.5. The van der Waals surface area contributed by atoms with E-state index < -0.39 is 0 Å². The number of Topliss-reactive ketones (excluding diaryl/α,β-unsaturated/α-hetero) is 1. The van der Waals surface area contributed by atoms with Crippen LogP contribution < -0.4 is 9.47 Å². The average Bonchev–Trinajstić information content (AvgIpc) is 2.95. The first-order valence-electron chi connectivity index (χ1n) is 9.05. The molecule has 0 amide bonds. The first-order chi connectivity index (χ1) is 12.1. The zero-order valence-corrected chi connectivity index (χ0v) is 17.0. The number of benzene rings is 1. The van der Waals surface area contributed by atoms with Gasteiger partial charge in [-0.2, -0.15) is 0 Å². The number of nitrogens with zero attached hydrogens (tertiary/aromatic N) is 4. The largest absolute Gasteiger partial charge is 0.378 e. The van der Waals surface area contributed by atoms with Gasteiger partial charge in [-0.25, -0.2) is 4.57 Å². The van der Waals surface area contributed by atoms with E-state index in [1.807, 2.05) is 62.7 Å². The lowest BCUT2D eigenvalue weighted by Gasteiger charge is -2.15. The van der Waals surface area contributed by atoms with Gasteiger partial charge in [0.05, 0.1) is 12.1 Å². The Morgan fingerprint density at radius 2 is 1.85 bits per heavy atom. The highest BCUT2D eigenvalue weighted by atomic mass is 16.1. The van der Waals surface area contributed by atoms with Gasteiger partial charge in [-0.3, -0.25) is 4.79 Å². The normalized spacial score (nSPS) is 12.2. The number of rotatable bonds is 6. The molecule has 0 spiro atoms. The van der Waals surface area contributed by atoms with E-state index in [1.165, 1.54) is 0 Å². The van der Waals surface area contributed by atoms with Crippen molar-refractivity contribution in [2.75, 3.05) is 19.0 Å². The quantitative estimate of drug-likeness (QED) is 0.588. The molecule has 0 bridgehead atoms. The predicted molar refractivity (Wildman–Crippen MR) is 107 cm³/mol. The van der Waals surface area contributed by atoms with Gasteiger partial charge in [0.25, 0.3) is 5.82 Å². The van der Waals surface area contributed by atoms with Crippen LogP contribution in [0.2, 0.25) is 0 Å². The molecule has 0 fully saturated rings. The predicted octanol–water partition coefficient (Wildman–Crippen LogP) is 3.46. The van der Waals surface area contributed by atoms with Crippen LogP contribution >= 0.6 is 0 Å². The van der Waals surface area contributed by atoms with Crippen molar-refractivity contribution in [1.82, 2.24) is 4.68 Å². The molecule has 2 aromatic rings. The molecule has 5 heteroatoms. The van der Waals surface area contributed by atoms with Gasteiger partial charge >= 0.3 is 0 Å². The molecule has 140 valence electrons. The SMILES string of the molecule is CC(C)c1n(/N=C/c2ccc(N(C)C)cc2)cc[n+]1CC(=O)C(C)(C)C. The molecular weight excluding hydrogens is 324 g/mol. The number of aromatic nitrogens is 2. The molecule has 5 nitrogen and oxygen atoms in total. The molecule has 1 aromatic heterocycles. The Labute approximate surface area is 157 Å². The highest BCUT2D eigenvalue weighted by Crippen LogP contribution is 2.16. The minimum Gasteiger partial charge on any atom is -0.378 e. The van der Waals surface area contributed by atoms with Crippen molar-refractivity contribution in [2.45, 2.75) is 47.1 Å². The Kier molecular flexibility index (Phi) is 6.01. The summed E-state index contributed by atoms with van der Waals surface area (Å²) in [6.45, 7) is 10.5. The van der Waals surface area contributed by atoms with Crippen LogP contribution in [-0.2, 0) is 11.3 Å². The molecule has 0 aliphatic rings. The van der Waals surface area contributed by atoms with Crippen molar-refractivity contribution in [1.29, 1.82) is 0 Å². The lowest BCUT2D eigenvalue weighted by molar-refractivity contribution is -0.692. The Bertz CT molecular complexity index is 777. The number of imidazole rings is 1. The fraction of sp³-hybridized carbons (Fsp3) is 0.476. The molecular formula is C21H31N4O+. The fourth-order valence-corrected chi connectivity index (χ4v) is 2.63. The fourth-order valence-electron chi connectivity index (χ4n) is 2.63. The van der Waals surface area contributed by atoms with Crippen LogP contribution in [-0.4, -0.2) is 30.8 Å². The van der Waals surface area contributed by atoms with Crippen LogP contribution in [0.15, 0.2) is 41.8 Å². The van der Waals surface area contributed by atoms with Crippen LogP contribution in [0.5, 0.6) is 0 Å². The molecule has 26 heavy (non-hydrogen) atoms. The Morgan fingerprint density at radius 3 is 2.35 bits per heavy atom. The van der Waals surface area contributed by atoms with Crippen molar-refractivity contribution in [3.8, 4) is 0 Å². The van der Waals surface area contributed by atoms with E-state index in [9.17, 15) is 4.79 Å². The Hall–Kier alpha value is -2.43. The summed E-state index contributed by atoms with van der Waals surface area (Å²) in [5, 5.41) is 4.61. The van der Waals surface area contributed by atoms with Crippen LogP contribution in [0, 0.1) is 5.41 Å². The van der Waals surface area contributed by atoms with Gasteiger partial charge < -0.3 is 4.90 Å². The lowest BCUT2D eigenvalue weighted by atomic mass is 9.91. The van der Waals surface area contributed by atoms with Gasteiger partial charge in [-0.05, 0) is 17.7 Å².